The molecule has 0 aliphatic heterocycles. The third-order valence-corrected chi connectivity index (χ3v) is 3.68. The van der Waals surface area contributed by atoms with Crippen LogP contribution >= 0.6 is 0 Å². The molecule has 2 N–H and O–H groups in total. The molecule has 0 saturated heterocycles. The number of methoxy groups -OCH3 is 2. The lowest BCUT2D eigenvalue weighted by Gasteiger charge is -2.30. The number of nitrogens with zero attached hydrogens (tertiary/aromatic N) is 3. The lowest BCUT2D eigenvalue weighted by atomic mass is 10.2. The van der Waals surface area contributed by atoms with Gasteiger partial charge in [0, 0.05) is 32.9 Å². The molecule has 2 rings (SSSR count). The van der Waals surface area contributed by atoms with E-state index in [9.17, 15) is 0 Å². The van der Waals surface area contributed by atoms with Crippen LogP contribution in [0.5, 0.6) is 0 Å². The van der Waals surface area contributed by atoms with Gasteiger partial charge in [0.05, 0.1) is 6.61 Å². The predicted molar refractivity (Wildman–Crippen MR) is 78.6 cm³/mol. The molecule has 1 heterocycles. The number of nitrogen functional groups attached to an aromatic ring is 1. The molecule has 1 saturated carbocycles. The molecule has 6 nitrogen and oxygen atoms in total. The Balaban J connectivity index is 2.21. The van der Waals surface area contributed by atoms with Crippen LogP contribution in [0.2, 0.25) is 0 Å². The zero-order valence-corrected chi connectivity index (χ0v) is 12.5. The Morgan fingerprint density at radius 2 is 2.10 bits per heavy atom. The molecule has 1 aliphatic rings. The fraction of sp³-hybridized carbons (Fsp3) is 0.714. The molecule has 1 aromatic rings. The first kappa shape index (κ1) is 15.0. The Hall–Kier alpha value is -1.40. The second-order valence-electron chi connectivity index (χ2n) is 5.26. The molecule has 0 bridgehead atoms. The molecule has 1 aromatic heterocycles. The van der Waals surface area contributed by atoms with Gasteiger partial charge in [0.1, 0.15) is 18.2 Å². The summed E-state index contributed by atoms with van der Waals surface area (Å²) >= 11 is 0. The summed E-state index contributed by atoms with van der Waals surface area (Å²) in [5, 5.41) is 0. The molecule has 20 heavy (non-hydrogen) atoms. The number of aromatic nitrogens is 2. The van der Waals surface area contributed by atoms with Crippen LogP contribution < -0.4 is 10.6 Å². The molecule has 112 valence electrons. The fourth-order valence-electron chi connectivity index (χ4n) is 2.39. The van der Waals surface area contributed by atoms with Crippen LogP contribution in [0.25, 0.3) is 0 Å². The maximum Gasteiger partial charge on any atom is 0.158 e. The summed E-state index contributed by atoms with van der Waals surface area (Å²) in [4.78, 5) is 11.0. The second kappa shape index (κ2) is 6.85. The molecule has 1 unspecified atom stereocenters. The van der Waals surface area contributed by atoms with E-state index in [0.717, 1.165) is 18.3 Å². The van der Waals surface area contributed by atoms with Crippen molar-refractivity contribution in [2.24, 2.45) is 5.92 Å². The van der Waals surface area contributed by atoms with Crippen molar-refractivity contribution in [3.63, 3.8) is 0 Å². The summed E-state index contributed by atoms with van der Waals surface area (Å²) in [7, 11) is 3.34. The molecule has 1 atom stereocenters. The minimum atomic E-state index is 0.369. The number of ether oxygens (including phenoxy) is 2. The Labute approximate surface area is 120 Å². The van der Waals surface area contributed by atoms with Gasteiger partial charge in [0.25, 0.3) is 0 Å². The lowest BCUT2D eigenvalue weighted by Crippen LogP contribution is -2.38. The van der Waals surface area contributed by atoms with E-state index in [2.05, 4.69) is 21.8 Å². The molecule has 6 heteroatoms. The molecule has 0 aromatic carbocycles. The van der Waals surface area contributed by atoms with Gasteiger partial charge in [-0.15, -0.1) is 0 Å². The first-order valence-electron chi connectivity index (χ1n) is 7.03. The summed E-state index contributed by atoms with van der Waals surface area (Å²) in [6, 6.07) is 2.27. The predicted octanol–water partition coefficient (Wildman–Crippen LogP) is 1.46. The van der Waals surface area contributed by atoms with Gasteiger partial charge in [-0.05, 0) is 25.7 Å². The molecule has 1 aliphatic carbocycles. The highest BCUT2D eigenvalue weighted by Gasteiger charge is 2.32. The Kier molecular flexibility index (Phi) is 5.14. The third-order valence-electron chi connectivity index (χ3n) is 3.68. The summed E-state index contributed by atoms with van der Waals surface area (Å²) < 4.78 is 10.3. The van der Waals surface area contributed by atoms with Crippen molar-refractivity contribution < 1.29 is 9.47 Å². The number of hydrogen-bond donors (Lipinski definition) is 1. The number of rotatable bonds is 8. The van der Waals surface area contributed by atoms with E-state index in [0.29, 0.717) is 30.9 Å². The van der Waals surface area contributed by atoms with Gasteiger partial charge >= 0.3 is 0 Å². The standard InChI is InChI=1S/C14H24N4O2/c1-10(11-4-5-11)18(6-7-19-2)14-8-12(15)16-13(17-14)9-20-3/h8,10-11H,4-7,9H2,1-3H3,(H2,15,16,17). The number of anilines is 2. The molecule has 0 radical (unpaired) electrons. The number of nitrogens with two attached hydrogens (primary N) is 1. The molecule has 0 amide bonds. The van der Waals surface area contributed by atoms with Crippen LogP contribution in [-0.2, 0) is 16.1 Å². The van der Waals surface area contributed by atoms with Crippen LogP contribution in [0.15, 0.2) is 6.07 Å². The fourth-order valence-corrected chi connectivity index (χ4v) is 2.39. The van der Waals surface area contributed by atoms with Crippen molar-refractivity contribution in [1.29, 1.82) is 0 Å². The van der Waals surface area contributed by atoms with Gasteiger partial charge in [0.2, 0.25) is 0 Å². The van der Waals surface area contributed by atoms with Crippen molar-refractivity contribution in [2.75, 3.05) is 38.0 Å². The molecule has 1 fully saturated rings. The smallest absolute Gasteiger partial charge is 0.158 e. The van der Waals surface area contributed by atoms with Crippen LogP contribution in [0.1, 0.15) is 25.6 Å². The van der Waals surface area contributed by atoms with Crippen molar-refractivity contribution in [2.45, 2.75) is 32.4 Å². The molecular formula is C14H24N4O2. The van der Waals surface area contributed by atoms with E-state index in [1.807, 2.05) is 6.07 Å². The van der Waals surface area contributed by atoms with Crippen molar-refractivity contribution >= 4 is 11.6 Å². The highest BCUT2D eigenvalue weighted by atomic mass is 16.5. The van der Waals surface area contributed by atoms with E-state index >= 15 is 0 Å². The van der Waals surface area contributed by atoms with Crippen LogP contribution in [-0.4, -0.2) is 43.4 Å². The van der Waals surface area contributed by atoms with E-state index in [1.165, 1.54) is 12.8 Å². The SMILES string of the molecule is COCCN(c1cc(N)nc(COC)n1)C(C)C1CC1. The quantitative estimate of drug-likeness (QED) is 0.777. The second-order valence-corrected chi connectivity index (χ2v) is 5.26. The normalized spacial score (nSPS) is 16.1. The van der Waals surface area contributed by atoms with E-state index in [4.69, 9.17) is 15.2 Å². The topological polar surface area (TPSA) is 73.5 Å². The van der Waals surface area contributed by atoms with Crippen molar-refractivity contribution in [3.8, 4) is 0 Å². The van der Waals surface area contributed by atoms with Gasteiger partial charge in [-0.3, -0.25) is 0 Å². The van der Waals surface area contributed by atoms with E-state index in [1.54, 1.807) is 14.2 Å². The van der Waals surface area contributed by atoms with Gasteiger partial charge in [-0.25, -0.2) is 9.97 Å². The largest absolute Gasteiger partial charge is 0.384 e. The van der Waals surface area contributed by atoms with Crippen molar-refractivity contribution in [3.05, 3.63) is 11.9 Å². The first-order valence-corrected chi connectivity index (χ1v) is 7.03. The van der Waals surface area contributed by atoms with Gasteiger partial charge < -0.3 is 20.1 Å². The minimum Gasteiger partial charge on any atom is -0.384 e. The van der Waals surface area contributed by atoms with Crippen LogP contribution in [0, 0.1) is 5.92 Å². The van der Waals surface area contributed by atoms with Gasteiger partial charge in [0.15, 0.2) is 5.82 Å². The van der Waals surface area contributed by atoms with Gasteiger partial charge in [-0.2, -0.15) is 0 Å². The number of hydrogen-bond acceptors (Lipinski definition) is 6. The average molecular weight is 280 g/mol. The minimum absolute atomic E-state index is 0.369. The monoisotopic (exact) mass is 280 g/mol. The average Bonchev–Trinajstić information content (AvgIpc) is 3.23. The summed E-state index contributed by atoms with van der Waals surface area (Å²) in [6.07, 6.45) is 2.58. The van der Waals surface area contributed by atoms with Crippen LogP contribution in [0.3, 0.4) is 0 Å². The third kappa shape index (κ3) is 3.80. The Bertz CT molecular complexity index is 437. The molecular weight excluding hydrogens is 256 g/mol. The Morgan fingerprint density at radius 1 is 1.35 bits per heavy atom. The highest BCUT2D eigenvalue weighted by Crippen LogP contribution is 2.36. The van der Waals surface area contributed by atoms with E-state index in [-0.39, 0.29) is 0 Å². The van der Waals surface area contributed by atoms with Crippen LogP contribution in [0.4, 0.5) is 11.6 Å². The summed E-state index contributed by atoms with van der Waals surface area (Å²) in [5.74, 6) is 2.70. The zero-order chi connectivity index (χ0) is 14.5. The zero-order valence-electron chi connectivity index (χ0n) is 12.5. The van der Waals surface area contributed by atoms with Crippen molar-refractivity contribution in [1.82, 2.24) is 9.97 Å². The molecule has 0 spiro atoms. The summed E-state index contributed by atoms with van der Waals surface area (Å²) in [5.41, 5.74) is 5.88. The Morgan fingerprint density at radius 3 is 2.70 bits per heavy atom. The van der Waals surface area contributed by atoms with E-state index < -0.39 is 0 Å². The first-order chi connectivity index (χ1) is 9.65. The maximum atomic E-state index is 5.88. The lowest BCUT2D eigenvalue weighted by molar-refractivity contribution is 0.177. The maximum absolute atomic E-state index is 5.88. The summed E-state index contributed by atoms with van der Waals surface area (Å²) in [6.45, 7) is 4.08. The highest BCUT2D eigenvalue weighted by molar-refractivity contribution is 5.48. The van der Waals surface area contributed by atoms with Gasteiger partial charge in [-0.1, -0.05) is 0 Å².